The van der Waals surface area contributed by atoms with Gasteiger partial charge in [0.1, 0.15) is 16.9 Å². The number of ether oxygens (including phenoxy) is 1. The molecule has 0 saturated heterocycles. The van der Waals surface area contributed by atoms with E-state index in [1.165, 1.54) is 18.3 Å². The number of benzene rings is 3. The van der Waals surface area contributed by atoms with E-state index < -0.39 is 0 Å². The van der Waals surface area contributed by atoms with Crippen LogP contribution in [0.2, 0.25) is 0 Å². The number of aromatic nitrogens is 11. The Morgan fingerprint density at radius 1 is 0.484 bits per heavy atom. The highest BCUT2D eigenvalue weighted by Crippen LogP contribution is 2.42. The highest BCUT2D eigenvalue weighted by atomic mass is 32.2. The second-order valence-corrected chi connectivity index (χ2v) is 15.2. The molecule has 0 bridgehead atoms. The average molecular weight is 846 g/mol. The summed E-state index contributed by atoms with van der Waals surface area (Å²) < 4.78 is 11.4. The Bertz CT molecular complexity index is 3370. The van der Waals surface area contributed by atoms with Crippen LogP contribution in [0.3, 0.4) is 0 Å². The molecule has 0 radical (unpaired) electrons. The first-order chi connectivity index (χ1) is 30.0. The monoisotopic (exact) mass is 845 g/mol. The number of hydrogen-bond acceptors (Lipinski definition) is 13. The lowest BCUT2D eigenvalue weighted by Gasteiger charge is -2.20. The van der Waals surface area contributed by atoms with Gasteiger partial charge in [-0.3, -0.25) is 4.57 Å². The van der Waals surface area contributed by atoms with Crippen LogP contribution in [-0.2, 0) is 28.2 Å². The van der Waals surface area contributed by atoms with E-state index in [-0.39, 0.29) is 22.8 Å². The van der Waals surface area contributed by atoms with Crippen LogP contribution >= 0.6 is 11.8 Å². The van der Waals surface area contributed by atoms with E-state index in [9.17, 15) is 19.2 Å². The van der Waals surface area contributed by atoms with Crippen molar-refractivity contribution >= 4 is 78.8 Å². The number of nitrogens with one attached hydrogen (secondary N) is 4. The van der Waals surface area contributed by atoms with Gasteiger partial charge in [-0.05, 0) is 42.5 Å². The van der Waals surface area contributed by atoms with Crippen LogP contribution in [0.1, 0.15) is 0 Å². The summed E-state index contributed by atoms with van der Waals surface area (Å²) in [4.78, 5) is 73.6. The van der Waals surface area contributed by atoms with Crippen molar-refractivity contribution in [1.29, 1.82) is 0 Å². The third kappa shape index (κ3) is 7.66. The third-order valence-corrected chi connectivity index (χ3v) is 10.9. The summed E-state index contributed by atoms with van der Waals surface area (Å²) in [6.07, 6.45) is 8.70. The maximum absolute atomic E-state index is 11.4. The predicted octanol–water partition coefficient (Wildman–Crippen LogP) is 5.84. The molecule has 0 saturated carbocycles. The Labute approximate surface area is 353 Å². The molecule has 9 heterocycles. The topological polar surface area (TPSA) is 217 Å². The fourth-order valence-electron chi connectivity index (χ4n) is 6.65. The smallest absolute Gasteiger partial charge is 0.349 e. The van der Waals surface area contributed by atoms with Gasteiger partial charge < -0.3 is 39.0 Å². The van der Waals surface area contributed by atoms with Gasteiger partial charge in [0.2, 0.25) is 0 Å². The lowest BCUT2D eigenvalue weighted by atomic mass is 10.2. The van der Waals surface area contributed by atoms with E-state index in [0.717, 1.165) is 59.6 Å². The molecule has 62 heavy (non-hydrogen) atoms. The van der Waals surface area contributed by atoms with Crippen molar-refractivity contribution in [2.45, 2.75) is 9.79 Å². The van der Waals surface area contributed by atoms with E-state index >= 15 is 0 Å². The minimum atomic E-state index is -0.311. The number of hydrogen-bond donors (Lipinski definition) is 4. The Hall–Kier alpha value is -8.32. The molecule has 3 aromatic carbocycles. The molecule has 7 aromatic heterocycles. The minimum Gasteiger partial charge on any atom is -0.450 e. The number of para-hydroxylation sites is 4. The fourth-order valence-corrected chi connectivity index (χ4v) is 7.66. The van der Waals surface area contributed by atoms with E-state index in [1.807, 2.05) is 91.1 Å². The van der Waals surface area contributed by atoms with Crippen LogP contribution in [0.25, 0.3) is 44.0 Å². The number of rotatable bonds is 0. The molecule has 4 N–H and O–H groups in total. The second-order valence-electron chi connectivity index (χ2n) is 14.1. The van der Waals surface area contributed by atoms with E-state index in [2.05, 4.69) is 45.5 Å². The zero-order valence-corrected chi connectivity index (χ0v) is 34.3. The quantitative estimate of drug-likeness (QED) is 0.141. The van der Waals surface area contributed by atoms with E-state index in [0.29, 0.717) is 28.7 Å². The summed E-state index contributed by atoms with van der Waals surface area (Å²) in [7, 11) is 6.73. The number of nitrogens with zero attached hydrogens (tertiary/aromatic N) is 9. The first-order valence-electron chi connectivity index (χ1n) is 19.0. The van der Waals surface area contributed by atoms with Gasteiger partial charge in [-0.1, -0.05) is 54.2 Å². The van der Waals surface area contributed by atoms with Crippen molar-refractivity contribution < 1.29 is 4.74 Å². The molecule has 0 amide bonds. The van der Waals surface area contributed by atoms with Crippen LogP contribution in [0, 0.1) is 0 Å². The van der Waals surface area contributed by atoms with Gasteiger partial charge in [0, 0.05) is 84.9 Å². The summed E-state index contributed by atoms with van der Waals surface area (Å²) in [5.41, 5.74) is 3.75. The van der Waals surface area contributed by atoms with Crippen LogP contribution < -0.4 is 38.1 Å². The standard InChI is InChI=1S/C11H9N3O2.C11H9N3OS.C11H9N3O.C10H8N4O/c2*1-14-6-9-10(13-11(14)15)12-7-4-2-3-5-8(7)16-9;1-14-6-8-7-4-2-3-5-9(7)12-10(8)13-11(14)15;1-14-5-7-6-3-2-4-11-8(6)12-9(7)13-10(14)15/h2*2-6H,1H3,(H,12,13,15);2-6H,1H3,(H,12,13,15);2-5H,1H3,(H,11,12,13,15). The van der Waals surface area contributed by atoms with Crippen molar-refractivity contribution in [3.05, 3.63) is 158 Å². The minimum absolute atomic E-state index is 0.242. The average Bonchev–Trinajstić information content (AvgIpc) is 3.81. The molecule has 12 rings (SSSR count). The van der Waals surface area contributed by atoms with Gasteiger partial charge in [-0.2, -0.15) is 19.9 Å². The molecule has 0 atom stereocenters. The fraction of sp³-hybridized carbons (Fsp3) is 0.0930. The number of aryl methyl sites for hydroxylation is 4. The Kier molecular flexibility index (Phi) is 10.1. The summed E-state index contributed by atoms with van der Waals surface area (Å²) in [5.74, 6) is 2.39. The summed E-state index contributed by atoms with van der Waals surface area (Å²) in [6, 6.07) is 27.2. The third-order valence-electron chi connectivity index (χ3n) is 9.81. The van der Waals surface area contributed by atoms with Gasteiger partial charge in [0.25, 0.3) is 0 Å². The Balaban J connectivity index is 0.000000105. The molecular formula is C43H35N13O5S. The largest absolute Gasteiger partial charge is 0.450 e. The van der Waals surface area contributed by atoms with Crippen LogP contribution in [0.15, 0.2) is 145 Å². The first-order valence-corrected chi connectivity index (χ1v) is 19.8. The molecule has 10 aromatic rings. The lowest BCUT2D eigenvalue weighted by Crippen LogP contribution is -2.22. The van der Waals surface area contributed by atoms with Crippen LogP contribution in [0.5, 0.6) is 11.5 Å². The molecule has 2 aliphatic heterocycles. The Morgan fingerprint density at radius 3 is 1.82 bits per heavy atom. The Morgan fingerprint density at radius 2 is 1.05 bits per heavy atom. The molecular weight excluding hydrogens is 811 g/mol. The van der Waals surface area contributed by atoms with E-state index in [4.69, 9.17) is 4.74 Å². The number of anilines is 4. The van der Waals surface area contributed by atoms with Crippen molar-refractivity contribution in [2.24, 2.45) is 28.2 Å². The molecule has 0 unspecified atom stereocenters. The van der Waals surface area contributed by atoms with Gasteiger partial charge in [0.05, 0.1) is 22.5 Å². The normalized spacial score (nSPS) is 11.8. The molecule has 18 nitrogen and oxygen atoms in total. The van der Waals surface area contributed by atoms with Crippen molar-refractivity contribution in [1.82, 2.24) is 53.2 Å². The number of H-pyrrole nitrogens is 2. The van der Waals surface area contributed by atoms with Crippen molar-refractivity contribution in [3.63, 3.8) is 0 Å². The molecule has 308 valence electrons. The summed E-state index contributed by atoms with van der Waals surface area (Å²) >= 11 is 1.62. The van der Waals surface area contributed by atoms with Crippen molar-refractivity contribution in [2.75, 3.05) is 10.6 Å². The summed E-state index contributed by atoms with van der Waals surface area (Å²) in [6.45, 7) is 0. The number of fused-ring (bicyclic) bond motifs is 10. The zero-order chi connectivity index (χ0) is 43.1. The molecule has 19 heteroatoms. The highest BCUT2D eigenvalue weighted by molar-refractivity contribution is 7.99. The van der Waals surface area contributed by atoms with E-state index in [1.54, 1.807) is 64.7 Å². The maximum Gasteiger partial charge on any atom is 0.349 e. The first kappa shape index (κ1) is 39.2. The lowest BCUT2D eigenvalue weighted by molar-refractivity contribution is 0.470. The van der Waals surface area contributed by atoms with Crippen molar-refractivity contribution in [3.8, 4) is 11.5 Å². The van der Waals surface area contributed by atoms with Gasteiger partial charge in [-0.25, -0.2) is 24.2 Å². The number of pyridine rings is 1. The molecule has 0 spiro atoms. The number of aromatic amines is 2. The summed E-state index contributed by atoms with van der Waals surface area (Å²) in [5, 5.41) is 10.2. The predicted molar refractivity (Wildman–Crippen MR) is 238 cm³/mol. The van der Waals surface area contributed by atoms with Gasteiger partial charge in [0.15, 0.2) is 23.1 Å². The molecule has 0 fully saturated rings. The SMILES string of the molecule is Cn1cc2c(nc1=O)Nc1ccccc1O2.Cn1cc2c(nc1=O)Nc1ccccc1S2.Cn1cc2c(nc1=O)[nH]c1ccccc12.Cn1cc2c(nc1=O)[nH]c1ncccc12. The second kappa shape index (κ2) is 16.0. The van der Waals surface area contributed by atoms with Gasteiger partial charge in [-0.15, -0.1) is 0 Å². The molecule has 0 aliphatic carbocycles. The highest BCUT2D eigenvalue weighted by Gasteiger charge is 2.19. The van der Waals surface area contributed by atoms with Gasteiger partial charge >= 0.3 is 22.8 Å². The maximum atomic E-state index is 11.4. The zero-order valence-electron chi connectivity index (χ0n) is 33.4. The van der Waals surface area contributed by atoms with Crippen LogP contribution in [-0.4, -0.2) is 53.2 Å². The van der Waals surface area contributed by atoms with Crippen LogP contribution in [0.4, 0.5) is 23.0 Å². The molecule has 2 aliphatic rings.